The molecule has 1 aromatic rings. The molecule has 2 saturated heterocycles. The smallest absolute Gasteiger partial charge is 0.194 e. The highest BCUT2D eigenvalue weighted by Gasteiger charge is 2.32. The van der Waals surface area contributed by atoms with Crippen molar-refractivity contribution in [2.24, 2.45) is 4.99 Å². The molecule has 152 valence electrons. The minimum Gasteiger partial charge on any atom is -0.386 e. The normalized spacial score (nSPS) is 24.4. The summed E-state index contributed by atoms with van der Waals surface area (Å²) in [6.45, 7) is 5.66. The number of benzene rings is 1. The first-order valence-electron chi connectivity index (χ1n) is 9.38. The van der Waals surface area contributed by atoms with Crippen molar-refractivity contribution < 1.29 is 19.0 Å². The lowest BCUT2D eigenvalue weighted by Gasteiger charge is -2.37. The Morgan fingerprint density at radius 1 is 1.33 bits per heavy atom. The summed E-state index contributed by atoms with van der Waals surface area (Å²) in [6, 6.07) is 6.26. The molecule has 6 nitrogen and oxygen atoms in total. The number of nitrogens with zero attached hydrogens (tertiary/aromatic N) is 2. The molecule has 8 heteroatoms. The average molecular weight is 493 g/mol. The first-order chi connectivity index (χ1) is 12.7. The van der Waals surface area contributed by atoms with Crippen LogP contribution in [0.4, 0.5) is 4.39 Å². The fraction of sp³-hybridized carbons (Fsp3) is 0.632. The van der Waals surface area contributed by atoms with Crippen LogP contribution in [0.1, 0.15) is 31.4 Å². The number of ether oxygens (including phenoxy) is 2. The molecular formula is C19H29FIN3O3. The summed E-state index contributed by atoms with van der Waals surface area (Å²) in [7, 11) is 0. The van der Waals surface area contributed by atoms with E-state index in [0.717, 1.165) is 32.5 Å². The first-order valence-corrected chi connectivity index (χ1v) is 9.38. The van der Waals surface area contributed by atoms with E-state index in [2.05, 4.69) is 15.2 Å². The average Bonchev–Trinajstić information content (AvgIpc) is 3.20. The van der Waals surface area contributed by atoms with E-state index in [1.807, 2.05) is 6.92 Å². The van der Waals surface area contributed by atoms with Crippen molar-refractivity contribution >= 4 is 29.9 Å². The molecule has 0 spiro atoms. The van der Waals surface area contributed by atoms with E-state index in [1.165, 1.54) is 6.07 Å². The van der Waals surface area contributed by atoms with Gasteiger partial charge in [-0.05, 0) is 25.8 Å². The molecule has 1 aromatic carbocycles. The highest BCUT2D eigenvalue weighted by atomic mass is 127. The predicted octanol–water partition coefficient (Wildman–Crippen LogP) is 2.32. The molecule has 0 saturated carbocycles. The molecular weight excluding hydrogens is 464 g/mol. The molecule has 3 rings (SSSR count). The van der Waals surface area contributed by atoms with Crippen LogP contribution in [0.3, 0.4) is 0 Å². The van der Waals surface area contributed by atoms with E-state index in [4.69, 9.17) is 9.47 Å². The maximum absolute atomic E-state index is 13.8. The van der Waals surface area contributed by atoms with E-state index in [1.54, 1.807) is 18.2 Å². The maximum Gasteiger partial charge on any atom is 0.194 e. The van der Waals surface area contributed by atoms with Crippen molar-refractivity contribution in [3.8, 4) is 0 Å². The number of aliphatic hydroxyl groups is 1. The molecule has 0 aromatic heterocycles. The van der Waals surface area contributed by atoms with Crippen LogP contribution >= 0.6 is 24.0 Å². The van der Waals surface area contributed by atoms with Gasteiger partial charge in [0.15, 0.2) is 5.96 Å². The van der Waals surface area contributed by atoms with Gasteiger partial charge in [0.25, 0.3) is 0 Å². The number of rotatable bonds is 5. The Balaban J connectivity index is 0.00000261. The number of aliphatic hydroxyl groups excluding tert-OH is 1. The number of hydrogen-bond acceptors (Lipinski definition) is 4. The molecule has 2 aliphatic rings. The number of aliphatic imine (C=N–C) groups is 1. The molecule has 3 unspecified atom stereocenters. The number of hydrogen-bond donors (Lipinski definition) is 2. The van der Waals surface area contributed by atoms with Gasteiger partial charge in [0.1, 0.15) is 18.0 Å². The van der Waals surface area contributed by atoms with Crippen LogP contribution in [0.5, 0.6) is 0 Å². The minimum absolute atomic E-state index is 0. The minimum atomic E-state index is -0.972. The quantitative estimate of drug-likeness (QED) is 0.375. The highest BCUT2D eigenvalue weighted by Crippen LogP contribution is 2.21. The monoisotopic (exact) mass is 493 g/mol. The summed E-state index contributed by atoms with van der Waals surface area (Å²) in [6.07, 6.45) is 1.31. The predicted molar refractivity (Wildman–Crippen MR) is 113 cm³/mol. The third-order valence-electron chi connectivity index (χ3n) is 4.79. The Hall–Kier alpha value is -0.970. The Kier molecular flexibility index (Phi) is 9.20. The van der Waals surface area contributed by atoms with Crippen molar-refractivity contribution in [2.45, 2.75) is 38.1 Å². The van der Waals surface area contributed by atoms with Crippen LogP contribution in [0.2, 0.25) is 0 Å². The van der Waals surface area contributed by atoms with Crippen LogP contribution in [-0.4, -0.2) is 67.6 Å². The summed E-state index contributed by atoms with van der Waals surface area (Å²) in [5.41, 5.74) is 0.270. The molecule has 2 aliphatic heterocycles. The Bertz CT molecular complexity index is 614. The molecule has 27 heavy (non-hydrogen) atoms. The largest absolute Gasteiger partial charge is 0.386 e. The number of guanidine groups is 1. The van der Waals surface area contributed by atoms with Crippen molar-refractivity contribution in [1.29, 1.82) is 0 Å². The lowest BCUT2D eigenvalue weighted by molar-refractivity contribution is -0.0817. The molecule has 0 amide bonds. The number of nitrogens with one attached hydrogen (secondary N) is 1. The fourth-order valence-corrected chi connectivity index (χ4v) is 3.43. The van der Waals surface area contributed by atoms with Gasteiger partial charge >= 0.3 is 0 Å². The SMILES string of the molecule is CCNC(=NCC(O)c1ccccc1F)N1CCOC(C2CCCO2)C1.I. The van der Waals surface area contributed by atoms with Gasteiger partial charge < -0.3 is 24.8 Å². The van der Waals surface area contributed by atoms with Crippen LogP contribution in [0.25, 0.3) is 0 Å². The van der Waals surface area contributed by atoms with E-state index >= 15 is 0 Å². The Morgan fingerprint density at radius 3 is 2.81 bits per heavy atom. The molecule has 2 heterocycles. The summed E-state index contributed by atoms with van der Waals surface area (Å²) < 4.78 is 25.5. The number of morpholine rings is 1. The van der Waals surface area contributed by atoms with Crippen molar-refractivity contribution in [3.05, 3.63) is 35.6 Å². The Labute approximate surface area is 177 Å². The van der Waals surface area contributed by atoms with Gasteiger partial charge in [0.2, 0.25) is 0 Å². The molecule has 0 radical (unpaired) electrons. The second-order valence-electron chi connectivity index (χ2n) is 6.64. The van der Waals surface area contributed by atoms with Crippen LogP contribution < -0.4 is 5.32 Å². The standard InChI is InChI=1S/C19H28FN3O3.HI/c1-2-21-19(22-12-16(24)14-6-3-4-7-15(14)20)23-9-11-26-18(13-23)17-8-5-10-25-17;/h3-4,6-7,16-18,24H,2,5,8-13H2,1H3,(H,21,22);1H. The van der Waals surface area contributed by atoms with Crippen LogP contribution in [0, 0.1) is 5.82 Å². The van der Waals surface area contributed by atoms with E-state index < -0.39 is 11.9 Å². The molecule has 2 N–H and O–H groups in total. The van der Waals surface area contributed by atoms with Gasteiger partial charge in [-0.15, -0.1) is 24.0 Å². The topological polar surface area (TPSA) is 66.3 Å². The highest BCUT2D eigenvalue weighted by molar-refractivity contribution is 14.0. The second kappa shape index (κ2) is 11.1. The van der Waals surface area contributed by atoms with Gasteiger partial charge in [-0.25, -0.2) is 4.39 Å². The van der Waals surface area contributed by atoms with Crippen molar-refractivity contribution in [1.82, 2.24) is 10.2 Å². The van der Waals surface area contributed by atoms with Gasteiger partial charge in [-0.3, -0.25) is 4.99 Å². The number of halogens is 2. The third kappa shape index (κ3) is 6.00. The van der Waals surface area contributed by atoms with Gasteiger partial charge in [-0.1, -0.05) is 18.2 Å². The molecule has 0 aliphatic carbocycles. The summed E-state index contributed by atoms with van der Waals surface area (Å²) in [5.74, 6) is 0.305. The van der Waals surface area contributed by atoms with Crippen LogP contribution in [0.15, 0.2) is 29.3 Å². The van der Waals surface area contributed by atoms with Gasteiger partial charge in [0, 0.05) is 31.8 Å². The lowest BCUT2D eigenvalue weighted by Crippen LogP contribution is -2.53. The zero-order chi connectivity index (χ0) is 18.4. The van der Waals surface area contributed by atoms with E-state index in [9.17, 15) is 9.50 Å². The first kappa shape index (κ1) is 22.3. The van der Waals surface area contributed by atoms with Gasteiger partial charge in [-0.2, -0.15) is 0 Å². The van der Waals surface area contributed by atoms with Gasteiger partial charge in [0.05, 0.1) is 19.3 Å². The summed E-state index contributed by atoms with van der Waals surface area (Å²) in [4.78, 5) is 6.67. The lowest BCUT2D eigenvalue weighted by atomic mass is 10.1. The summed E-state index contributed by atoms with van der Waals surface area (Å²) in [5, 5.41) is 13.6. The van der Waals surface area contributed by atoms with E-state index in [0.29, 0.717) is 19.1 Å². The van der Waals surface area contributed by atoms with E-state index in [-0.39, 0.29) is 48.3 Å². The van der Waals surface area contributed by atoms with Crippen LogP contribution in [-0.2, 0) is 9.47 Å². The molecule has 3 atom stereocenters. The maximum atomic E-state index is 13.8. The zero-order valence-electron chi connectivity index (χ0n) is 15.6. The Morgan fingerprint density at radius 2 is 2.11 bits per heavy atom. The molecule has 0 bridgehead atoms. The van der Waals surface area contributed by atoms with Crippen molar-refractivity contribution in [2.75, 3.05) is 39.4 Å². The zero-order valence-corrected chi connectivity index (χ0v) is 18.0. The third-order valence-corrected chi connectivity index (χ3v) is 4.79. The summed E-state index contributed by atoms with van der Waals surface area (Å²) >= 11 is 0. The second-order valence-corrected chi connectivity index (χ2v) is 6.64. The fourth-order valence-electron chi connectivity index (χ4n) is 3.43. The molecule has 2 fully saturated rings. The van der Waals surface area contributed by atoms with Crippen molar-refractivity contribution in [3.63, 3.8) is 0 Å².